The van der Waals surface area contributed by atoms with Crippen molar-refractivity contribution in [3.05, 3.63) is 48.6 Å². The Hall–Kier alpha value is -1.37. The Morgan fingerprint density at radius 3 is 2.62 bits per heavy atom. The molecular formula is C15H18O. The summed E-state index contributed by atoms with van der Waals surface area (Å²) in [6, 6.07) is 10.2. The molecule has 0 heterocycles. The number of hydrogen-bond acceptors (Lipinski definition) is 1. The molecule has 0 N–H and O–H groups in total. The maximum atomic E-state index is 11.9. The van der Waals surface area contributed by atoms with Crippen LogP contribution in [-0.4, -0.2) is 5.78 Å². The maximum Gasteiger partial charge on any atom is 0.136 e. The summed E-state index contributed by atoms with van der Waals surface area (Å²) < 4.78 is 0. The molecule has 0 aliphatic heterocycles. The van der Waals surface area contributed by atoms with Crippen molar-refractivity contribution in [2.24, 2.45) is 5.92 Å². The number of carbonyl (C=O) groups is 1. The summed E-state index contributed by atoms with van der Waals surface area (Å²) in [6.07, 6.45) is 5.94. The molecule has 1 aliphatic carbocycles. The average Bonchev–Trinajstić information content (AvgIpc) is 2.34. The fourth-order valence-electron chi connectivity index (χ4n) is 2.60. The number of hydrogen-bond donors (Lipinski definition) is 0. The molecule has 0 bridgehead atoms. The lowest BCUT2D eigenvalue weighted by atomic mass is 9.76. The highest BCUT2D eigenvalue weighted by Crippen LogP contribution is 2.34. The van der Waals surface area contributed by atoms with E-state index in [1.807, 2.05) is 24.3 Å². The molecule has 84 valence electrons. The lowest BCUT2D eigenvalue weighted by Crippen LogP contribution is -2.24. The second-order valence-corrected chi connectivity index (χ2v) is 4.49. The SMILES string of the molecule is C=C[C@H](c1ccccc1)[C@@H]1CCCCC1=O. The van der Waals surface area contributed by atoms with Crippen molar-refractivity contribution in [2.45, 2.75) is 31.6 Å². The number of benzene rings is 1. The number of ketones is 1. The summed E-state index contributed by atoms with van der Waals surface area (Å²) in [6.45, 7) is 3.89. The van der Waals surface area contributed by atoms with Gasteiger partial charge in [0, 0.05) is 18.3 Å². The summed E-state index contributed by atoms with van der Waals surface area (Å²) in [4.78, 5) is 11.9. The van der Waals surface area contributed by atoms with Gasteiger partial charge in [-0.3, -0.25) is 4.79 Å². The molecule has 1 heteroatoms. The molecule has 1 saturated carbocycles. The van der Waals surface area contributed by atoms with Gasteiger partial charge in [0.25, 0.3) is 0 Å². The van der Waals surface area contributed by atoms with Gasteiger partial charge in [0.2, 0.25) is 0 Å². The van der Waals surface area contributed by atoms with Crippen LogP contribution in [0.5, 0.6) is 0 Å². The van der Waals surface area contributed by atoms with Crippen molar-refractivity contribution in [1.29, 1.82) is 0 Å². The molecule has 1 aliphatic rings. The quantitative estimate of drug-likeness (QED) is 0.701. The van der Waals surface area contributed by atoms with Crippen molar-refractivity contribution in [2.75, 3.05) is 0 Å². The predicted octanol–water partition coefficient (Wildman–Crippen LogP) is 3.72. The van der Waals surface area contributed by atoms with Gasteiger partial charge in [-0.05, 0) is 18.4 Å². The molecule has 0 unspecified atom stereocenters. The van der Waals surface area contributed by atoms with E-state index in [0.29, 0.717) is 5.78 Å². The van der Waals surface area contributed by atoms with Gasteiger partial charge in [0.1, 0.15) is 5.78 Å². The van der Waals surface area contributed by atoms with Crippen molar-refractivity contribution in [3.8, 4) is 0 Å². The van der Waals surface area contributed by atoms with E-state index in [9.17, 15) is 4.79 Å². The van der Waals surface area contributed by atoms with Crippen LogP contribution < -0.4 is 0 Å². The lowest BCUT2D eigenvalue weighted by Gasteiger charge is -2.27. The predicted molar refractivity (Wildman–Crippen MR) is 66.3 cm³/mol. The first-order valence-electron chi connectivity index (χ1n) is 6.03. The highest BCUT2D eigenvalue weighted by molar-refractivity contribution is 5.83. The molecule has 1 nitrogen and oxygen atoms in total. The highest BCUT2D eigenvalue weighted by atomic mass is 16.1. The minimum Gasteiger partial charge on any atom is -0.299 e. The molecular weight excluding hydrogens is 196 g/mol. The minimum atomic E-state index is 0.161. The van der Waals surface area contributed by atoms with E-state index in [2.05, 4.69) is 18.7 Å². The normalized spacial score (nSPS) is 22.8. The summed E-state index contributed by atoms with van der Waals surface area (Å²) in [7, 11) is 0. The fraction of sp³-hybridized carbons (Fsp3) is 0.400. The van der Waals surface area contributed by atoms with Crippen LogP contribution in [0.3, 0.4) is 0 Å². The Balaban J connectivity index is 2.22. The molecule has 1 aromatic rings. The van der Waals surface area contributed by atoms with Gasteiger partial charge < -0.3 is 0 Å². The molecule has 0 aromatic heterocycles. The number of carbonyl (C=O) groups excluding carboxylic acids is 1. The van der Waals surface area contributed by atoms with E-state index in [1.54, 1.807) is 0 Å². The van der Waals surface area contributed by atoms with E-state index in [1.165, 1.54) is 12.0 Å². The van der Waals surface area contributed by atoms with Crippen LogP contribution in [0.15, 0.2) is 43.0 Å². The van der Waals surface area contributed by atoms with E-state index in [-0.39, 0.29) is 11.8 Å². The van der Waals surface area contributed by atoms with E-state index in [0.717, 1.165) is 19.3 Å². The largest absolute Gasteiger partial charge is 0.299 e. The number of Topliss-reactive ketones (excluding diaryl/α,β-unsaturated/α-hetero) is 1. The van der Waals surface area contributed by atoms with Gasteiger partial charge in [-0.15, -0.1) is 6.58 Å². The van der Waals surface area contributed by atoms with Gasteiger partial charge in [-0.1, -0.05) is 42.8 Å². The van der Waals surface area contributed by atoms with Crippen LogP contribution in [0.1, 0.15) is 37.2 Å². The van der Waals surface area contributed by atoms with Crippen molar-refractivity contribution < 1.29 is 4.79 Å². The summed E-state index contributed by atoms with van der Waals surface area (Å²) in [5.41, 5.74) is 1.22. The van der Waals surface area contributed by atoms with Gasteiger partial charge in [0.05, 0.1) is 0 Å². The summed E-state index contributed by atoms with van der Waals surface area (Å²) in [5.74, 6) is 0.780. The van der Waals surface area contributed by atoms with Crippen LogP contribution in [0.4, 0.5) is 0 Å². The van der Waals surface area contributed by atoms with Crippen molar-refractivity contribution >= 4 is 5.78 Å². The first kappa shape index (κ1) is 11.1. The Morgan fingerprint density at radius 1 is 1.25 bits per heavy atom. The van der Waals surface area contributed by atoms with Crippen LogP contribution in [0.2, 0.25) is 0 Å². The first-order valence-corrected chi connectivity index (χ1v) is 6.03. The topological polar surface area (TPSA) is 17.1 Å². The molecule has 1 fully saturated rings. The molecule has 0 radical (unpaired) electrons. The Bertz CT molecular complexity index is 366. The van der Waals surface area contributed by atoms with E-state index < -0.39 is 0 Å². The van der Waals surface area contributed by atoms with Crippen molar-refractivity contribution in [3.63, 3.8) is 0 Å². The van der Waals surface area contributed by atoms with Gasteiger partial charge in [-0.2, -0.15) is 0 Å². The molecule has 2 atom stereocenters. The molecule has 0 saturated heterocycles. The Labute approximate surface area is 97.2 Å². The van der Waals surface area contributed by atoms with Gasteiger partial charge in [-0.25, -0.2) is 0 Å². The highest BCUT2D eigenvalue weighted by Gasteiger charge is 2.29. The second-order valence-electron chi connectivity index (χ2n) is 4.49. The van der Waals surface area contributed by atoms with Crippen LogP contribution in [-0.2, 0) is 4.79 Å². The van der Waals surface area contributed by atoms with Crippen LogP contribution >= 0.6 is 0 Å². The monoisotopic (exact) mass is 214 g/mol. The van der Waals surface area contributed by atoms with Crippen LogP contribution in [0, 0.1) is 5.92 Å². The lowest BCUT2D eigenvalue weighted by molar-refractivity contribution is -0.124. The number of rotatable bonds is 3. The minimum absolute atomic E-state index is 0.161. The third kappa shape index (κ3) is 2.24. The third-order valence-corrected chi connectivity index (χ3v) is 3.47. The molecule has 0 amide bonds. The Kier molecular flexibility index (Phi) is 3.55. The second kappa shape index (κ2) is 5.11. The zero-order valence-electron chi connectivity index (χ0n) is 9.56. The molecule has 1 aromatic carbocycles. The van der Waals surface area contributed by atoms with Crippen LogP contribution in [0.25, 0.3) is 0 Å². The average molecular weight is 214 g/mol. The zero-order chi connectivity index (χ0) is 11.4. The van der Waals surface area contributed by atoms with E-state index in [4.69, 9.17) is 0 Å². The standard InChI is InChI=1S/C15H18O/c1-2-13(12-8-4-3-5-9-12)14-10-6-7-11-15(14)16/h2-5,8-9,13-14H,1,6-7,10-11H2/t13-,14+/m1/s1. The van der Waals surface area contributed by atoms with Crippen molar-refractivity contribution in [1.82, 2.24) is 0 Å². The fourth-order valence-corrected chi connectivity index (χ4v) is 2.60. The summed E-state index contributed by atoms with van der Waals surface area (Å²) in [5, 5.41) is 0. The third-order valence-electron chi connectivity index (χ3n) is 3.47. The maximum absolute atomic E-state index is 11.9. The molecule has 16 heavy (non-hydrogen) atoms. The molecule has 2 rings (SSSR count). The van der Waals surface area contributed by atoms with E-state index >= 15 is 0 Å². The smallest absolute Gasteiger partial charge is 0.136 e. The van der Waals surface area contributed by atoms with Gasteiger partial charge >= 0.3 is 0 Å². The number of allylic oxidation sites excluding steroid dienone is 1. The summed E-state index contributed by atoms with van der Waals surface area (Å²) >= 11 is 0. The molecule has 0 spiro atoms. The van der Waals surface area contributed by atoms with Gasteiger partial charge in [0.15, 0.2) is 0 Å². The Morgan fingerprint density at radius 2 is 2.00 bits per heavy atom. The zero-order valence-corrected chi connectivity index (χ0v) is 9.56. The first-order chi connectivity index (χ1) is 7.83.